The molecule has 146 valence electrons. The van der Waals surface area contributed by atoms with Crippen LogP contribution in [0.2, 0.25) is 0 Å². The van der Waals surface area contributed by atoms with Crippen molar-refractivity contribution in [1.29, 1.82) is 0 Å². The lowest BCUT2D eigenvalue weighted by molar-refractivity contribution is -0.116. The maximum absolute atomic E-state index is 12.6. The highest BCUT2D eigenvalue weighted by molar-refractivity contribution is 5.93. The number of nitrogens with one attached hydrogen (secondary N) is 1. The molecule has 0 unspecified atom stereocenters. The minimum Gasteiger partial charge on any atom is -0.340 e. The van der Waals surface area contributed by atoms with E-state index in [9.17, 15) is 9.59 Å². The SMILES string of the molecule is Cc1nn(-c2ccccc2)c2ncc(NC(=O)Cn3c(C)cc(=O)cc3C)cc12. The highest BCUT2D eigenvalue weighted by atomic mass is 16.2. The molecule has 0 atom stereocenters. The van der Waals surface area contributed by atoms with E-state index >= 15 is 0 Å². The van der Waals surface area contributed by atoms with Gasteiger partial charge in [-0.3, -0.25) is 9.59 Å². The number of amides is 1. The summed E-state index contributed by atoms with van der Waals surface area (Å²) in [7, 11) is 0. The number of hydrogen-bond donors (Lipinski definition) is 1. The molecule has 0 aliphatic rings. The zero-order valence-corrected chi connectivity index (χ0v) is 16.5. The monoisotopic (exact) mass is 387 g/mol. The van der Waals surface area contributed by atoms with Crippen LogP contribution in [0, 0.1) is 20.8 Å². The Bertz CT molecular complexity index is 1250. The molecule has 3 heterocycles. The molecule has 29 heavy (non-hydrogen) atoms. The highest BCUT2D eigenvalue weighted by Gasteiger charge is 2.13. The number of aromatic nitrogens is 4. The standard InChI is InChI=1S/C22H21N5O2/c1-14-9-19(28)10-15(2)26(14)13-21(29)24-17-11-20-16(3)25-27(22(20)23-12-17)18-7-5-4-6-8-18/h4-12H,13H2,1-3H3,(H,24,29). The van der Waals surface area contributed by atoms with Gasteiger partial charge in [-0.05, 0) is 39.0 Å². The second-order valence-corrected chi connectivity index (χ2v) is 7.04. The number of carbonyl (C=O) groups is 1. The maximum Gasteiger partial charge on any atom is 0.244 e. The molecule has 7 heteroatoms. The Kier molecular flexibility index (Phi) is 4.72. The number of para-hydroxylation sites is 1. The lowest BCUT2D eigenvalue weighted by atomic mass is 10.2. The lowest BCUT2D eigenvalue weighted by Crippen LogP contribution is -2.23. The van der Waals surface area contributed by atoms with Crippen molar-refractivity contribution in [2.75, 3.05) is 5.32 Å². The smallest absolute Gasteiger partial charge is 0.244 e. The molecule has 0 fully saturated rings. The van der Waals surface area contributed by atoms with Crippen LogP contribution in [0.25, 0.3) is 16.7 Å². The third-order valence-electron chi connectivity index (χ3n) is 4.85. The summed E-state index contributed by atoms with van der Waals surface area (Å²) in [5, 5.41) is 8.35. The summed E-state index contributed by atoms with van der Waals surface area (Å²) in [5.74, 6) is -0.186. The van der Waals surface area contributed by atoms with E-state index in [4.69, 9.17) is 0 Å². The quantitative estimate of drug-likeness (QED) is 0.583. The fraction of sp³-hybridized carbons (Fsp3) is 0.182. The van der Waals surface area contributed by atoms with Crippen LogP contribution >= 0.6 is 0 Å². The molecule has 0 saturated carbocycles. The van der Waals surface area contributed by atoms with Gasteiger partial charge in [-0.25, -0.2) is 9.67 Å². The highest BCUT2D eigenvalue weighted by Crippen LogP contribution is 2.23. The van der Waals surface area contributed by atoms with Crippen molar-refractivity contribution >= 4 is 22.6 Å². The predicted octanol–water partition coefficient (Wildman–Crippen LogP) is 3.15. The number of benzene rings is 1. The molecular formula is C22H21N5O2. The van der Waals surface area contributed by atoms with E-state index in [0.717, 1.165) is 33.8 Å². The van der Waals surface area contributed by atoms with Gasteiger partial charge in [0, 0.05) is 28.9 Å². The topological polar surface area (TPSA) is 81.8 Å². The van der Waals surface area contributed by atoms with Gasteiger partial charge in [-0.15, -0.1) is 0 Å². The molecule has 0 bridgehead atoms. The summed E-state index contributed by atoms with van der Waals surface area (Å²) >= 11 is 0. The molecule has 0 aliphatic carbocycles. The number of anilines is 1. The first-order valence-corrected chi connectivity index (χ1v) is 9.31. The first kappa shape index (κ1) is 18.6. The van der Waals surface area contributed by atoms with Crippen molar-refractivity contribution in [2.24, 2.45) is 0 Å². The predicted molar refractivity (Wildman–Crippen MR) is 112 cm³/mol. The first-order valence-electron chi connectivity index (χ1n) is 9.31. The zero-order valence-electron chi connectivity index (χ0n) is 16.5. The maximum atomic E-state index is 12.6. The van der Waals surface area contributed by atoms with Gasteiger partial charge in [-0.1, -0.05) is 18.2 Å². The second kappa shape index (κ2) is 7.35. The van der Waals surface area contributed by atoms with Crippen LogP contribution in [0.4, 0.5) is 5.69 Å². The van der Waals surface area contributed by atoms with E-state index in [2.05, 4.69) is 15.4 Å². The van der Waals surface area contributed by atoms with Crippen LogP contribution in [0.15, 0.2) is 59.5 Å². The summed E-state index contributed by atoms with van der Waals surface area (Å²) in [6.07, 6.45) is 1.63. The molecule has 0 radical (unpaired) electrons. The van der Waals surface area contributed by atoms with Crippen molar-refractivity contribution in [3.63, 3.8) is 0 Å². The van der Waals surface area contributed by atoms with Crippen molar-refractivity contribution in [3.05, 3.63) is 82.0 Å². The van der Waals surface area contributed by atoms with E-state index in [-0.39, 0.29) is 17.9 Å². The number of nitrogens with zero attached hydrogens (tertiary/aromatic N) is 4. The Morgan fingerprint density at radius 2 is 1.72 bits per heavy atom. The van der Waals surface area contributed by atoms with Gasteiger partial charge in [-0.2, -0.15) is 5.10 Å². The van der Waals surface area contributed by atoms with Gasteiger partial charge in [0.1, 0.15) is 6.54 Å². The number of pyridine rings is 2. The molecule has 0 saturated heterocycles. The normalized spacial score (nSPS) is 11.0. The molecule has 4 aromatic rings. The second-order valence-electron chi connectivity index (χ2n) is 7.04. The number of hydrogen-bond acceptors (Lipinski definition) is 4. The molecule has 1 N–H and O–H groups in total. The third kappa shape index (κ3) is 3.67. The summed E-state index contributed by atoms with van der Waals surface area (Å²) in [5.41, 5.74) is 4.54. The summed E-state index contributed by atoms with van der Waals surface area (Å²) in [6.45, 7) is 5.67. The van der Waals surface area contributed by atoms with Gasteiger partial charge in [0.2, 0.25) is 5.91 Å². The summed E-state index contributed by atoms with van der Waals surface area (Å²) < 4.78 is 3.60. The Balaban J connectivity index is 1.60. The first-order chi connectivity index (χ1) is 13.9. The average molecular weight is 387 g/mol. The van der Waals surface area contributed by atoms with Gasteiger partial charge >= 0.3 is 0 Å². The lowest BCUT2D eigenvalue weighted by Gasteiger charge is -2.14. The summed E-state index contributed by atoms with van der Waals surface area (Å²) in [4.78, 5) is 28.7. The van der Waals surface area contributed by atoms with Gasteiger partial charge in [0.25, 0.3) is 0 Å². The molecule has 1 amide bonds. The fourth-order valence-electron chi connectivity index (χ4n) is 3.44. The zero-order chi connectivity index (χ0) is 20.5. The van der Waals surface area contributed by atoms with Gasteiger partial charge in [0.15, 0.2) is 11.1 Å². The Morgan fingerprint density at radius 3 is 2.41 bits per heavy atom. The van der Waals surface area contributed by atoms with Gasteiger partial charge < -0.3 is 9.88 Å². The van der Waals surface area contributed by atoms with E-state index in [0.29, 0.717) is 5.69 Å². The molecule has 7 nitrogen and oxygen atoms in total. The van der Waals surface area contributed by atoms with Crippen molar-refractivity contribution < 1.29 is 4.79 Å². The van der Waals surface area contributed by atoms with Crippen molar-refractivity contribution in [3.8, 4) is 5.69 Å². The van der Waals surface area contributed by atoms with Crippen molar-refractivity contribution in [1.82, 2.24) is 19.3 Å². The van der Waals surface area contributed by atoms with Crippen LogP contribution < -0.4 is 10.7 Å². The van der Waals surface area contributed by atoms with E-state index in [1.165, 1.54) is 12.1 Å². The fourth-order valence-corrected chi connectivity index (χ4v) is 3.44. The third-order valence-corrected chi connectivity index (χ3v) is 4.85. The molecule has 3 aromatic heterocycles. The Hall–Kier alpha value is -3.74. The van der Waals surface area contributed by atoms with Crippen LogP contribution in [0.3, 0.4) is 0 Å². The molecule has 4 rings (SSSR count). The summed E-state index contributed by atoms with van der Waals surface area (Å²) in [6, 6.07) is 14.7. The molecule has 0 aliphatic heterocycles. The minimum absolute atomic E-state index is 0.0581. The van der Waals surface area contributed by atoms with E-state index < -0.39 is 0 Å². The van der Waals surface area contributed by atoms with Crippen LogP contribution in [-0.2, 0) is 11.3 Å². The number of rotatable bonds is 4. The van der Waals surface area contributed by atoms with E-state index in [1.54, 1.807) is 15.4 Å². The van der Waals surface area contributed by atoms with Crippen LogP contribution in [0.5, 0.6) is 0 Å². The molecular weight excluding hydrogens is 366 g/mol. The molecule has 0 spiro atoms. The number of carbonyl (C=O) groups excluding carboxylic acids is 1. The largest absolute Gasteiger partial charge is 0.340 e. The number of fused-ring (bicyclic) bond motifs is 1. The van der Waals surface area contributed by atoms with Crippen LogP contribution in [-0.4, -0.2) is 25.2 Å². The van der Waals surface area contributed by atoms with Crippen molar-refractivity contribution in [2.45, 2.75) is 27.3 Å². The van der Waals surface area contributed by atoms with E-state index in [1.807, 2.05) is 57.2 Å². The van der Waals surface area contributed by atoms with Crippen LogP contribution in [0.1, 0.15) is 17.1 Å². The Morgan fingerprint density at radius 1 is 1.03 bits per heavy atom. The molecule has 1 aromatic carbocycles. The number of aryl methyl sites for hydroxylation is 3. The average Bonchev–Trinajstić information content (AvgIpc) is 3.02. The Labute approximate surface area is 167 Å². The minimum atomic E-state index is -0.186. The van der Waals surface area contributed by atoms with Gasteiger partial charge in [0.05, 0.1) is 23.3 Å².